The molecular weight excluding hydrogens is 496 g/mol. The van der Waals surface area contributed by atoms with E-state index < -0.39 is 28.6 Å². The van der Waals surface area contributed by atoms with Gasteiger partial charge in [-0.1, -0.05) is 84.9 Å². The van der Waals surface area contributed by atoms with Gasteiger partial charge >= 0.3 is 11.9 Å². The molecule has 7 heteroatoms. The van der Waals surface area contributed by atoms with E-state index in [1.165, 1.54) is 10.4 Å². The smallest absolute Gasteiger partial charge is 0.335 e. The molecule has 0 aromatic heterocycles. The van der Waals surface area contributed by atoms with Crippen LogP contribution in [0, 0.1) is 0 Å². The van der Waals surface area contributed by atoms with Crippen LogP contribution in [0.4, 0.5) is 0 Å². The first kappa shape index (κ1) is 26.3. The molecule has 4 rings (SSSR count). The Bertz CT molecular complexity index is 1250. The number of hydrogen-bond acceptors (Lipinski definition) is 3. The largest absolute Gasteiger partial charge is 0.478 e. The van der Waals surface area contributed by atoms with Crippen LogP contribution in [0.1, 0.15) is 31.8 Å². The van der Waals surface area contributed by atoms with Gasteiger partial charge in [-0.3, -0.25) is 0 Å². The second kappa shape index (κ2) is 11.1. The second-order valence-corrected chi connectivity index (χ2v) is 17.3. The van der Waals surface area contributed by atoms with Gasteiger partial charge in [0.25, 0.3) is 0 Å². The van der Waals surface area contributed by atoms with Crippen molar-refractivity contribution in [2.24, 2.45) is 0 Å². The fourth-order valence-electron chi connectivity index (χ4n) is 4.78. The van der Waals surface area contributed by atoms with Gasteiger partial charge in [0.1, 0.15) is 0 Å². The first-order chi connectivity index (χ1) is 17.7. The van der Waals surface area contributed by atoms with Gasteiger partial charge in [0.2, 0.25) is 16.6 Å². The van der Waals surface area contributed by atoms with E-state index in [0.717, 1.165) is 11.1 Å². The Morgan fingerprint density at radius 1 is 0.568 bits per heavy atom. The first-order valence-electron chi connectivity index (χ1n) is 12.1. The van der Waals surface area contributed by atoms with Gasteiger partial charge in [0, 0.05) is 0 Å². The summed E-state index contributed by atoms with van der Waals surface area (Å²) in [5.41, 5.74) is 2.61. The zero-order valence-electron chi connectivity index (χ0n) is 20.9. The van der Waals surface area contributed by atoms with Crippen molar-refractivity contribution in [3.05, 3.63) is 131 Å². The third kappa shape index (κ3) is 6.32. The van der Waals surface area contributed by atoms with Crippen LogP contribution < -0.4 is 10.4 Å². The number of carboxylic acids is 2. The molecule has 2 unspecified atom stereocenters. The fraction of sp³-hybridized carbons (Fsp3) is 0.133. The topological polar surface area (TPSA) is 83.8 Å². The van der Waals surface area contributed by atoms with E-state index in [-0.39, 0.29) is 11.1 Å². The highest BCUT2D eigenvalue weighted by molar-refractivity contribution is 6.97. The maximum Gasteiger partial charge on any atom is 0.335 e. The molecular formula is C30H30O5Si2. The van der Waals surface area contributed by atoms with Crippen molar-refractivity contribution < 1.29 is 23.9 Å². The van der Waals surface area contributed by atoms with Gasteiger partial charge in [-0.05, 0) is 70.9 Å². The maximum atomic E-state index is 11.4. The summed E-state index contributed by atoms with van der Waals surface area (Å²) in [6.45, 7) is 4.46. The van der Waals surface area contributed by atoms with Crippen molar-refractivity contribution in [3.63, 3.8) is 0 Å². The molecule has 0 spiro atoms. The van der Waals surface area contributed by atoms with E-state index in [2.05, 4.69) is 37.4 Å². The molecule has 0 amide bonds. The van der Waals surface area contributed by atoms with E-state index >= 15 is 0 Å². The molecule has 5 nitrogen and oxygen atoms in total. The fourth-order valence-corrected chi connectivity index (χ4v) is 14.5. The number of aromatic carboxylic acids is 2. The summed E-state index contributed by atoms with van der Waals surface area (Å²) in [6, 6.07) is 36.1. The average Bonchev–Trinajstić information content (AvgIpc) is 2.90. The molecule has 0 saturated carbocycles. The van der Waals surface area contributed by atoms with Crippen molar-refractivity contribution in [3.8, 4) is 0 Å². The van der Waals surface area contributed by atoms with Crippen molar-refractivity contribution in [1.82, 2.24) is 0 Å². The Morgan fingerprint density at radius 3 is 1.19 bits per heavy atom. The zero-order chi connectivity index (χ0) is 26.5. The summed E-state index contributed by atoms with van der Waals surface area (Å²) in [5.74, 6) is -1.88. The Kier molecular flexibility index (Phi) is 7.87. The van der Waals surface area contributed by atoms with Crippen LogP contribution in [0.3, 0.4) is 0 Å². The minimum absolute atomic E-state index is 0.265. The van der Waals surface area contributed by atoms with Gasteiger partial charge < -0.3 is 14.3 Å². The predicted molar refractivity (Wildman–Crippen MR) is 151 cm³/mol. The number of carboxylic acid groups (broad SMARTS) is 2. The maximum absolute atomic E-state index is 11.4. The molecule has 4 aromatic rings. The van der Waals surface area contributed by atoms with Crippen LogP contribution >= 0.6 is 0 Å². The minimum Gasteiger partial charge on any atom is -0.478 e. The number of benzene rings is 4. The van der Waals surface area contributed by atoms with Crippen LogP contribution in [-0.2, 0) is 16.2 Å². The normalized spacial score (nSPS) is 14.3. The molecule has 4 aromatic carbocycles. The third-order valence-corrected chi connectivity index (χ3v) is 15.6. The summed E-state index contributed by atoms with van der Waals surface area (Å²) < 4.78 is 7.41. The molecule has 188 valence electrons. The van der Waals surface area contributed by atoms with Gasteiger partial charge in [0.05, 0.1) is 11.1 Å². The van der Waals surface area contributed by atoms with Gasteiger partial charge in [-0.15, -0.1) is 0 Å². The van der Waals surface area contributed by atoms with Gasteiger partial charge in [0.15, 0.2) is 0 Å². The molecule has 0 saturated heterocycles. The predicted octanol–water partition coefficient (Wildman–Crippen LogP) is 4.93. The Labute approximate surface area is 219 Å². The van der Waals surface area contributed by atoms with Crippen molar-refractivity contribution in [1.29, 1.82) is 0 Å². The standard InChI is InChI=1S/C30H30O5Si2/c1-36(27-9-5-3-6-10-27,21-23-13-17-25(18-14-23)29(31)32)35-37(2,28-11-7-4-8-12-28)22-24-15-19-26(20-16-24)30(33)34/h3-20H,21-22H2,1-2H3,(H,31,32)(H,33,34). The van der Waals surface area contributed by atoms with Gasteiger partial charge in [-0.2, -0.15) is 0 Å². The molecule has 2 atom stereocenters. The highest BCUT2D eigenvalue weighted by Gasteiger charge is 2.42. The molecule has 37 heavy (non-hydrogen) atoms. The highest BCUT2D eigenvalue weighted by atomic mass is 28.4. The van der Waals surface area contributed by atoms with E-state index in [1.54, 1.807) is 24.3 Å². The average molecular weight is 527 g/mol. The van der Waals surface area contributed by atoms with Gasteiger partial charge in [-0.25, -0.2) is 9.59 Å². The van der Waals surface area contributed by atoms with Crippen LogP contribution in [0.15, 0.2) is 109 Å². The Hall–Kier alpha value is -3.79. The van der Waals surface area contributed by atoms with Crippen LogP contribution in [0.25, 0.3) is 0 Å². The molecule has 0 aliphatic rings. The quantitative estimate of drug-likeness (QED) is 0.286. The van der Waals surface area contributed by atoms with Crippen molar-refractivity contribution in [2.75, 3.05) is 0 Å². The van der Waals surface area contributed by atoms with Crippen LogP contribution in [-0.4, -0.2) is 38.8 Å². The lowest BCUT2D eigenvalue weighted by atomic mass is 10.1. The summed E-state index contributed by atoms with van der Waals surface area (Å²) in [5, 5.41) is 21.0. The lowest BCUT2D eigenvalue weighted by molar-refractivity contribution is 0.0686. The monoisotopic (exact) mass is 526 g/mol. The SMILES string of the molecule is C[Si](Cc1ccc(C(=O)O)cc1)(O[Si](C)(Cc1ccc(C(=O)O)cc1)c1ccccc1)c1ccccc1. The van der Waals surface area contributed by atoms with Crippen molar-refractivity contribution >= 4 is 38.9 Å². The lowest BCUT2D eigenvalue weighted by Crippen LogP contribution is -2.63. The summed E-state index contributed by atoms with van der Waals surface area (Å²) in [6.07, 6.45) is 0. The summed E-state index contributed by atoms with van der Waals surface area (Å²) in [4.78, 5) is 22.7. The summed E-state index contributed by atoms with van der Waals surface area (Å²) >= 11 is 0. The first-order valence-corrected chi connectivity index (χ1v) is 17.4. The second-order valence-electron chi connectivity index (χ2n) is 9.65. The Morgan fingerprint density at radius 2 is 0.892 bits per heavy atom. The minimum atomic E-state index is -2.59. The van der Waals surface area contributed by atoms with E-state index in [0.29, 0.717) is 12.1 Å². The molecule has 0 radical (unpaired) electrons. The lowest BCUT2D eigenvalue weighted by Gasteiger charge is -2.39. The van der Waals surface area contributed by atoms with Crippen molar-refractivity contribution in [2.45, 2.75) is 25.2 Å². The van der Waals surface area contributed by atoms with E-state index in [1.807, 2.05) is 60.7 Å². The molecule has 0 aliphatic heterocycles. The Balaban J connectivity index is 1.74. The molecule has 0 aliphatic carbocycles. The van der Waals surface area contributed by atoms with E-state index in [9.17, 15) is 19.8 Å². The third-order valence-electron chi connectivity index (χ3n) is 6.70. The summed E-state index contributed by atoms with van der Waals surface area (Å²) in [7, 11) is -5.18. The zero-order valence-corrected chi connectivity index (χ0v) is 22.9. The highest BCUT2D eigenvalue weighted by Crippen LogP contribution is 2.24. The molecule has 0 fully saturated rings. The number of hydrogen-bond donors (Lipinski definition) is 2. The van der Waals surface area contributed by atoms with Crippen LogP contribution in [0.5, 0.6) is 0 Å². The number of carbonyl (C=O) groups is 2. The van der Waals surface area contributed by atoms with E-state index in [4.69, 9.17) is 4.12 Å². The number of rotatable bonds is 10. The molecule has 2 N–H and O–H groups in total. The molecule has 0 bridgehead atoms. The molecule has 0 heterocycles. The van der Waals surface area contributed by atoms with Crippen LogP contribution in [0.2, 0.25) is 13.1 Å².